The normalized spacial score (nSPS) is 12.0. The minimum atomic E-state index is -4.71. The fourth-order valence-electron chi connectivity index (χ4n) is 2.41. The number of ether oxygens (including phenoxy) is 1. The minimum absolute atomic E-state index is 0.290. The molecular weight excluding hydrogens is 321 g/mol. The lowest BCUT2D eigenvalue weighted by Crippen LogP contribution is -2.16. The van der Waals surface area contributed by atoms with Gasteiger partial charge < -0.3 is 4.74 Å². The highest BCUT2D eigenvalue weighted by atomic mass is 19.4. The van der Waals surface area contributed by atoms with Crippen LogP contribution in [0.15, 0.2) is 54.9 Å². The molecule has 0 aliphatic heterocycles. The molecular formula is C16H9F3N4O. The molecule has 5 nitrogen and oxygen atoms in total. The number of aromatic nitrogens is 4. The van der Waals surface area contributed by atoms with Gasteiger partial charge in [-0.15, -0.1) is 18.3 Å². The highest BCUT2D eigenvalue weighted by Gasteiger charge is 2.31. The van der Waals surface area contributed by atoms with Gasteiger partial charge in [0.15, 0.2) is 11.5 Å². The van der Waals surface area contributed by atoms with Gasteiger partial charge in [0.2, 0.25) is 0 Å². The minimum Gasteiger partial charge on any atom is -0.406 e. The van der Waals surface area contributed by atoms with Crippen LogP contribution in [0.3, 0.4) is 0 Å². The van der Waals surface area contributed by atoms with Crippen molar-refractivity contribution < 1.29 is 17.9 Å². The first-order valence-corrected chi connectivity index (χ1v) is 6.96. The summed E-state index contributed by atoms with van der Waals surface area (Å²) in [5, 5.41) is 5.16. The molecule has 0 bridgehead atoms. The Hall–Kier alpha value is -3.16. The summed E-state index contributed by atoms with van der Waals surface area (Å²) in [5.41, 5.74) is 2.00. The summed E-state index contributed by atoms with van der Waals surface area (Å²) >= 11 is 0. The third-order valence-electron chi connectivity index (χ3n) is 3.43. The number of para-hydroxylation sites is 1. The lowest BCUT2D eigenvalue weighted by Gasteiger charge is -2.08. The van der Waals surface area contributed by atoms with Crippen molar-refractivity contribution in [3.05, 3.63) is 54.9 Å². The van der Waals surface area contributed by atoms with Crippen LogP contribution >= 0.6 is 0 Å². The maximum atomic E-state index is 12.2. The monoisotopic (exact) mass is 330 g/mol. The second kappa shape index (κ2) is 5.19. The van der Waals surface area contributed by atoms with Crippen LogP contribution in [0.5, 0.6) is 5.75 Å². The predicted octanol–water partition coefficient (Wildman–Crippen LogP) is 3.84. The fraction of sp³-hybridized carbons (Fsp3) is 0.0625. The number of nitrogens with zero attached hydrogens (tertiary/aromatic N) is 4. The Bertz CT molecular complexity index is 1030. The van der Waals surface area contributed by atoms with Gasteiger partial charge >= 0.3 is 6.36 Å². The van der Waals surface area contributed by atoms with E-state index in [2.05, 4.69) is 19.8 Å². The number of benzene rings is 2. The number of hydrogen-bond acceptors (Lipinski definition) is 4. The van der Waals surface area contributed by atoms with Crippen LogP contribution in [0.1, 0.15) is 0 Å². The average molecular weight is 330 g/mol. The molecule has 4 rings (SSSR count). The van der Waals surface area contributed by atoms with E-state index in [4.69, 9.17) is 0 Å². The highest BCUT2D eigenvalue weighted by Crippen LogP contribution is 2.26. The summed E-state index contributed by atoms with van der Waals surface area (Å²) in [7, 11) is 0. The topological polar surface area (TPSA) is 52.3 Å². The molecule has 0 aliphatic rings. The zero-order valence-electron chi connectivity index (χ0n) is 12.0. The number of halogens is 3. The van der Waals surface area contributed by atoms with E-state index in [-0.39, 0.29) is 5.75 Å². The van der Waals surface area contributed by atoms with Gasteiger partial charge in [-0.25, -0.2) is 14.5 Å². The van der Waals surface area contributed by atoms with Crippen molar-refractivity contribution in [3.63, 3.8) is 0 Å². The molecule has 2 aromatic heterocycles. The zero-order valence-corrected chi connectivity index (χ0v) is 12.0. The van der Waals surface area contributed by atoms with Crippen LogP contribution in [0.25, 0.3) is 27.9 Å². The van der Waals surface area contributed by atoms with Gasteiger partial charge in [-0.05, 0) is 36.4 Å². The van der Waals surface area contributed by atoms with Crippen molar-refractivity contribution in [1.29, 1.82) is 0 Å². The quantitative estimate of drug-likeness (QED) is 0.560. The number of alkyl halides is 3. The van der Waals surface area contributed by atoms with E-state index in [1.165, 1.54) is 28.8 Å². The van der Waals surface area contributed by atoms with E-state index >= 15 is 0 Å². The summed E-state index contributed by atoms with van der Waals surface area (Å²) in [6, 6.07) is 12.9. The van der Waals surface area contributed by atoms with Crippen LogP contribution < -0.4 is 4.74 Å². The molecule has 120 valence electrons. The summed E-state index contributed by atoms with van der Waals surface area (Å²) in [6.45, 7) is 0. The van der Waals surface area contributed by atoms with Gasteiger partial charge in [0.25, 0.3) is 0 Å². The van der Waals surface area contributed by atoms with E-state index in [0.29, 0.717) is 17.0 Å². The van der Waals surface area contributed by atoms with Crippen LogP contribution in [-0.2, 0) is 0 Å². The molecule has 4 aromatic rings. The first kappa shape index (κ1) is 14.4. The third kappa shape index (κ3) is 2.62. The molecule has 0 atom stereocenters. The number of fused-ring (bicyclic) bond motifs is 3. The van der Waals surface area contributed by atoms with E-state index in [1.807, 2.05) is 24.3 Å². The van der Waals surface area contributed by atoms with E-state index in [0.717, 1.165) is 10.9 Å². The van der Waals surface area contributed by atoms with Crippen LogP contribution in [0, 0.1) is 0 Å². The number of rotatable bonds is 2. The highest BCUT2D eigenvalue weighted by molar-refractivity contribution is 5.91. The van der Waals surface area contributed by atoms with Crippen molar-refractivity contribution in [3.8, 4) is 17.1 Å². The van der Waals surface area contributed by atoms with Crippen molar-refractivity contribution in [2.45, 2.75) is 6.36 Å². The molecule has 8 heteroatoms. The van der Waals surface area contributed by atoms with E-state index in [1.54, 1.807) is 6.33 Å². The van der Waals surface area contributed by atoms with E-state index in [9.17, 15) is 13.2 Å². The van der Waals surface area contributed by atoms with Gasteiger partial charge in [-0.2, -0.15) is 0 Å². The second-order valence-electron chi connectivity index (χ2n) is 5.04. The summed E-state index contributed by atoms with van der Waals surface area (Å²) < 4.78 is 42.0. The second-order valence-corrected chi connectivity index (χ2v) is 5.04. The molecule has 0 fully saturated rings. The van der Waals surface area contributed by atoms with Crippen molar-refractivity contribution in [2.75, 3.05) is 0 Å². The Morgan fingerprint density at radius 2 is 1.71 bits per heavy atom. The first-order valence-electron chi connectivity index (χ1n) is 6.96. The molecule has 0 spiro atoms. The van der Waals surface area contributed by atoms with Gasteiger partial charge in [0.05, 0.1) is 5.52 Å². The molecule has 0 radical (unpaired) electrons. The van der Waals surface area contributed by atoms with Crippen LogP contribution in [0.4, 0.5) is 13.2 Å². The molecule has 0 amide bonds. The lowest BCUT2D eigenvalue weighted by atomic mass is 10.2. The van der Waals surface area contributed by atoms with Crippen LogP contribution in [-0.4, -0.2) is 25.9 Å². The van der Waals surface area contributed by atoms with E-state index < -0.39 is 6.36 Å². The fourth-order valence-corrected chi connectivity index (χ4v) is 2.41. The predicted molar refractivity (Wildman–Crippen MR) is 80.4 cm³/mol. The summed E-state index contributed by atoms with van der Waals surface area (Å²) in [4.78, 5) is 8.75. The van der Waals surface area contributed by atoms with Gasteiger partial charge in [0, 0.05) is 10.9 Å². The first-order chi connectivity index (χ1) is 11.5. The van der Waals surface area contributed by atoms with Crippen molar-refractivity contribution in [1.82, 2.24) is 19.6 Å². The van der Waals surface area contributed by atoms with Crippen molar-refractivity contribution >= 4 is 16.6 Å². The molecule has 0 unspecified atom stereocenters. The van der Waals surface area contributed by atoms with Crippen LogP contribution in [0.2, 0.25) is 0 Å². The summed E-state index contributed by atoms with van der Waals surface area (Å²) in [5.74, 6) is 0.105. The zero-order chi connectivity index (χ0) is 16.7. The molecule has 0 saturated carbocycles. The molecule has 2 aromatic carbocycles. The molecule has 24 heavy (non-hydrogen) atoms. The SMILES string of the molecule is FC(F)(F)Oc1ccc(-c2nc3c4ccccc4ncn3n2)cc1. The van der Waals surface area contributed by atoms with Gasteiger partial charge in [-0.1, -0.05) is 12.1 Å². The maximum Gasteiger partial charge on any atom is 0.573 e. The van der Waals surface area contributed by atoms with Crippen molar-refractivity contribution in [2.24, 2.45) is 0 Å². The molecule has 2 heterocycles. The average Bonchev–Trinajstić information content (AvgIpc) is 2.98. The Morgan fingerprint density at radius 1 is 0.958 bits per heavy atom. The largest absolute Gasteiger partial charge is 0.573 e. The smallest absolute Gasteiger partial charge is 0.406 e. The molecule has 0 aliphatic carbocycles. The maximum absolute atomic E-state index is 12.2. The standard InChI is InChI=1S/C16H9F3N4O/c17-16(18,19)24-11-7-5-10(6-8-11)14-21-15-12-3-1-2-4-13(12)20-9-23(15)22-14/h1-9H. The lowest BCUT2D eigenvalue weighted by molar-refractivity contribution is -0.274. The Labute approximate surface area is 133 Å². The summed E-state index contributed by atoms with van der Waals surface area (Å²) in [6.07, 6.45) is -3.16. The van der Waals surface area contributed by atoms with Gasteiger partial charge in [0.1, 0.15) is 12.1 Å². The third-order valence-corrected chi connectivity index (χ3v) is 3.43. The molecule has 0 N–H and O–H groups in total. The van der Waals surface area contributed by atoms with Gasteiger partial charge in [-0.3, -0.25) is 0 Å². The Morgan fingerprint density at radius 3 is 2.46 bits per heavy atom. The molecule has 0 saturated heterocycles. The Balaban J connectivity index is 1.75. The Kier molecular flexibility index (Phi) is 3.12. The number of hydrogen-bond donors (Lipinski definition) is 0.